The number of carbonyl (C=O) groups excluding carboxylic acids is 1. The number of esters is 1. The maximum Gasteiger partial charge on any atom is 0.343 e. The highest BCUT2D eigenvalue weighted by Gasteiger charge is 2.45. The lowest BCUT2D eigenvalue weighted by Crippen LogP contribution is -2.44. The van der Waals surface area contributed by atoms with Crippen LogP contribution in [-0.2, 0) is 39.5 Å². The predicted molar refractivity (Wildman–Crippen MR) is 107 cm³/mol. The molecule has 4 heterocycles. The van der Waals surface area contributed by atoms with Gasteiger partial charge in [0.15, 0.2) is 10.5 Å². The summed E-state index contributed by atoms with van der Waals surface area (Å²) < 4.78 is 19.2. The second-order valence-corrected chi connectivity index (χ2v) is 8.66. The summed E-state index contributed by atoms with van der Waals surface area (Å²) in [5, 5.41) is 11.7. The predicted octanol–water partition coefficient (Wildman–Crippen LogP) is 1.82. The van der Waals surface area contributed by atoms with Crippen molar-refractivity contribution in [2.24, 2.45) is 0 Å². The van der Waals surface area contributed by atoms with Gasteiger partial charge in [-0.15, -0.1) is 0 Å². The molecular formula is C21H18N2O5S. The molecule has 3 aromatic rings. The Morgan fingerprint density at radius 2 is 2.07 bits per heavy atom. The molecule has 0 radical (unpaired) electrons. The Bertz CT molecular complexity index is 1270. The highest BCUT2D eigenvalue weighted by molar-refractivity contribution is 7.91. The normalized spacial score (nSPS) is 20.8. The Hall–Kier alpha value is -2.68. The third kappa shape index (κ3) is 2.36. The van der Waals surface area contributed by atoms with Gasteiger partial charge in [0.05, 0.1) is 40.0 Å². The third-order valence-electron chi connectivity index (χ3n) is 5.83. The molecule has 148 valence electrons. The topological polar surface area (TPSA) is 104 Å². The van der Waals surface area contributed by atoms with Gasteiger partial charge in [-0.2, -0.15) is 0 Å². The average molecular weight is 410 g/mol. The number of para-hydroxylation sites is 1. The molecule has 0 fully saturated rings. The van der Waals surface area contributed by atoms with E-state index in [4.69, 9.17) is 9.72 Å². The van der Waals surface area contributed by atoms with E-state index in [0.29, 0.717) is 21.8 Å². The van der Waals surface area contributed by atoms with Crippen molar-refractivity contribution in [3.63, 3.8) is 0 Å². The van der Waals surface area contributed by atoms with Gasteiger partial charge in [-0.25, -0.2) is 9.78 Å². The van der Waals surface area contributed by atoms with E-state index >= 15 is 0 Å². The van der Waals surface area contributed by atoms with Crippen LogP contribution in [0.1, 0.15) is 30.0 Å². The van der Waals surface area contributed by atoms with E-state index in [1.807, 2.05) is 24.3 Å². The molecule has 1 aromatic carbocycles. The number of rotatable bonds is 2. The number of hydrogen-bond donors (Lipinski definition) is 1. The lowest BCUT2D eigenvalue weighted by molar-refractivity contribution is -0.172. The van der Waals surface area contributed by atoms with Crippen LogP contribution in [0, 0.1) is 0 Å². The van der Waals surface area contributed by atoms with Gasteiger partial charge in [0, 0.05) is 5.56 Å². The van der Waals surface area contributed by atoms with Crippen molar-refractivity contribution < 1.29 is 19.2 Å². The molecule has 1 unspecified atom stereocenters. The number of aliphatic hydroxyl groups is 1. The summed E-state index contributed by atoms with van der Waals surface area (Å²) in [4.78, 5) is 30.9. The molecule has 1 N–H and O–H groups in total. The van der Waals surface area contributed by atoms with Crippen LogP contribution in [0.4, 0.5) is 0 Å². The number of pyridine rings is 2. The van der Waals surface area contributed by atoms with Crippen LogP contribution < -0.4 is 5.56 Å². The number of ether oxygens (including phenoxy) is 1. The molecule has 0 bridgehead atoms. The van der Waals surface area contributed by atoms with E-state index in [-0.39, 0.29) is 36.3 Å². The highest BCUT2D eigenvalue weighted by Crippen LogP contribution is 2.41. The standard InChI is InChI=1S/C21H18N2O5S/c1-3-21(26)14-8-16-17-12(9-23(16)19(24)13(14)10-28-20(21)25)18(29(2)27)11-6-4-5-7-15(11)22-17/h4-8,26H,3,9-10H2,1-2H3/t21-,29?/m0/s1. The first-order valence-corrected chi connectivity index (χ1v) is 10.8. The summed E-state index contributed by atoms with van der Waals surface area (Å²) in [6, 6.07) is 9.09. The number of cyclic esters (lactones) is 1. The molecule has 0 aliphatic carbocycles. The Balaban J connectivity index is 1.85. The third-order valence-corrected chi connectivity index (χ3v) is 6.87. The highest BCUT2D eigenvalue weighted by atomic mass is 32.2. The van der Waals surface area contributed by atoms with Gasteiger partial charge in [-0.3, -0.25) is 4.79 Å². The van der Waals surface area contributed by atoms with E-state index in [0.717, 1.165) is 10.9 Å². The number of nitrogens with zero attached hydrogens (tertiary/aromatic N) is 2. The minimum absolute atomic E-state index is 0.0873. The fourth-order valence-electron chi connectivity index (χ4n) is 4.32. The molecule has 5 rings (SSSR count). The summed E-state index contributed by atoms with van der Waals surface area (Å²) in [7, 11) is 0. The van der Waals surface area contributed by atoms with Gasteiger partial charge in [0.1, 0.15) is 12.9 Å². The number of benzene rings is 1. The number of fused-ring (bicyclic) bond motifs is 5. The van der Waals surface area contributed by atoms with E-state index in [2.05, 4.69) is 0 Å². The molecule has 0 spiro atoms. The summed E-state index contributed by atoms with van der Waals surface area (Å²) >= 11 is -1.29. The maximum absolute atomic E-state index is 13.2. The van der Waals surface area contributed by atoms with Gasteiger partial charge in [-0.05, 0) is 35.8 Å². The minimum atomic E-state index is -1.86. The maximum atomic E-state index is 13.2. The molecule has 2 aliphatic heterocycles. The van der Waals surface area contributed by atoms with Crippen molar-refractivity contribution >= 4 is 28.0 Å². The average Bonchev–Trinajstić information content (AvgIpc) is 3.07. The van der Waals surface area contributed by atoms with Crippen LogP contribution in [0.2, 0.25) is 0 Å². The van der Waals surface area contributed by atoms with Crippen molar-refractivity contribution in [3.05, 3.63) is 57.4 Å². The smallest absolute Gasteiger partial charge is 0.343 e. The van der Waals surface area contributed by atoms with Crippen LogP contribution in [0.25, 0.3) is 22.3 Å². The first-order valence-electron chi connectivity index (χ1n) is 9.29. The number of carbonyl (C=O) groups is 1. The minimum Gasteiger partial charge on any atom is -0.612 e. The van der Waals surface area contributed by atoms with Crippen molar-refractivity contribution in [1.82, 2.24) is 9.55 Å². The van der Waals surface area contributed by atoms with Crippen LogP contribution in [0.5, 0.6) is 0 Å². The van der Waals surface area contributed by atoms with Crippen molar-refractivity contribution in [2.75, 3.05) is 6.26 Å². The lowest BCUT2D eigenvalue weighted by Gasteiger charge is -2.31. The van der Waals surface area contributed by atoms with Crippen LogP contribution >= 0.6 is 0 Å². The monoisotopic (exact) mass is 410 g/mol. The second-order valence-electron chi connectivity index (χ2n) is 7.34. The summed E-state index contributed by atoms with van der Waals surface area (Å²) in [5.74, 6) is -0.753. The molecule has 0 saturated carbocycles. The Morgan fingerprint density at radius 1 is 1.31 bits per heavy atom. The molecular weight excluding hydrogens is 392 g/mol. The van der Waals surface area contributed by atoms with E-state index < -0.39 is 22.7 Å². The first kappa shape index (κ1) is 18.4. The SMILES string of the molecule is CC[C@@]1(O)C(=O)OCc2c1cc1n(c2=O)Cc2c-1nc1ccccc1c2[S+](C)[O-]. The molecule has 29 heavy (non-hydrogen) atoms. The molecule has 0 saturated heterocycles. The largest absolute Gasteiger partial charge is 0.612 e. The lowest BCUT2D eigenvalue weighted by atomic mass is 9.86. The summed E-state index contributed by atoms with van der Waals surface area (Å²) in [6.45, 7) is 1.73. The molecule has 2 aliphatic rings. The van der Waals surface area contributed by atoms with E-state index in [1.54, 1.807) is 23.8 Å². The Kier molecular flexibility index (Phi) is 3.90. The Morgan fingerprint density at radius 3 is 2.79 bits per heavy atom. The number of hydrogen-bond acceptors (Lipinski definition) is 6. The fraction of sp³-hybridized carbons (Fsp3) is 0.286. The van der Waals surface area contributed by atoms with Gasteiger partial charge in [-0.1, -0.05) is 19.1 Å². The molecule has 2 atom stereocenters. The van der Waals surface area contributed by atoms with Crippen molar-refractivity contribution in [3.8, 4) is 11.4 Å². The van der Waals surface area contributed by atoms with Crippen LogP contribution in [0.3, 0.4) is 0 Å². The summed E-state index contributed by atoms with van der Waals surface area (Å²) in [6.07, 6.45) is 1.70. The second kappa shape index (κ2) is 6.16. The molecule has 8 heteroatoms. The Labute approximate surface area is 169 Å². The van der Waals surface area contributed by atoms with Gasteiger partial charge in [0.25, 0.3) is 5.56 Å². The van der Waals surface area contributed by atoms with Crippen LogP contribution in [-0.4, -0.2) is 31.4 Å². The van der Waals surface area contributed by atoms with Crippen molar-refractivity contribution in [2.45, 2.75) is 37.0 Å². The summed E-state index contributed by atoms with van der Waals surface area (Å²) in [5.41, 5.74) is 0.846. The van der Waals surface area contributed by atoms with E-state index in [9.17, 15) is 19.2 Å². The fourth-order valence-corrected chi connectivity index (χ4v) is 5.31. The molecule has 0 amide bonds. The zero-order valence-electron chi connectivity index (χ0n) is 15.9. The molecule has 2 aromatic heterocycles. The van der Waals surface area contributed by atoms with E-state index in [1.165, 1.54) is 0 Å². The van der Waals surface area contributed by atoms with Gasteiger partial charge in [0.2, 0.25) is 0 Å². The van der Waals surface area contributed by atoms with Crippen molar-refractivity contribution in [1.29, 1.82) is 0 Å². The first-order chi connectivity index (χ1) is 13.9. The van der Waals surface area contributed by atoms with Gasteiger partial charge < -0.3 is 19.0 Å². The molecule has 7 nitrogen and oxygen atoms in total. The van der Waals surface area contributed by atoms with Crippen LogP contribution in [0.15, 0.2) is 40.0 Å². The zero-order valence-corrected chi connectivity index (χ0v) is 16.7. The van der Waals surface area contributed by atoms with Gasteiger partial charge >= 0.3 is 5.97 Å². The zero-order chi connectivity index (χ0) is 20.5. The number of aromatic nitrogens is 2. The quantitative estimate of drug-likeness (QED) is 0.399.